The van der Waals surface area contributed by atoms with Gasteiger partial charge in [-0.15, -0.1) is 11.3 Å². The van der Waals surface area contributed by atoms with Crippen molar-refractivity contribution in [1.82, 2.24) is 9.88 Å². The number of thiazole rings is 1. The molecular formula is C18H18N2O2S. The minimum Gasteiger partial charge on any atom is -0.380 e. The highest BCUT2D eigenvalue weighted by Crippen LogP contribution is 2.19. The molecule has 1 saturated heterocycles. The standard InChI is InChI=1S/C18H18N2O2S/c1-22-15-8-5-11-20(13-15)18(21)16-12-19-17(23-16)10-9-14-6-3-2-4-7-14/h2-4,6-7,12,15H,5,8,11,13H2,1H3. The average Bonchev–Trinajstić information content (AvgIpc) is 3.09. The molecule has 1 atom stereocenters. The van der Waals surface area contributed by atoms with Gasteiger partial charge in [0.1, 0.15) is 4.88 Å². The molecule has 0 saturated carbocycles. The molecule has 0 radical (unpaired) electrons. The lowest BCUT2D eigenvalue weighted by atomic mass is 10.1. The zero-order valence-corrected chi connectivity index (χ0v) is 13.8. The summed E-state index contributed by atoms with van der Waals surface area (Å²) in [5, 5.41) is 0.664. The number of carbonyl (C=O) groups is 1. The van der Waals surface area contributed by atoms with Crippen molar-refractivity contribution in [1.29, 1.82) is 0 Å². The lowest BCUT2D eigenvalue weighted by molar-refractivity contribution is 0.0271. The molecular weight excluding hydrogens is 308 g/mol. The molecule has 2 heterocycles. The Hall–Kier alpha value is -2.16. The first-order chi connectivity index (χ1) is 11.3. The fourth-order valence-electron chi connectivity index (χ4n) is 2.55. The van der Waals surface area contributed by atoms with Gasteiger partial charge in [0, 0.05) is 25.8 Å². The van der Waals surface area contributed by atoms with Gasteiger partial charge in [-0.25, -0.2) is 4.98 Å². The van der Waals surface area contributed by atoms with Gasteiger partial charge in [-0.2, -0.15) is 0 Å². The number of piperidine rings is 1. The summed E-state index contributed by atoms with van der Waals surface area (Å²) >= 11 is 1.35. The van der Waals surface area contributed by atoms with Gasteiger partial charge in [-0.05, 0) is 30.9 Å². The van der Waals surface area contributed by atoms with Crippen LogP contribution in [0.1, 0.15) is 33.1 Å². The zero-order chi connectivity index (χ0) is 16.1. The third kappa shape index (κ3) is 3.98. The van der Waals surface area contributed by atoms with Crippen molar-refractivity contribution in [3.63, 3.8) is 0 Å². The van der Waals surface area contributed by atoms with Crippen molar-refractivity contribution in [2.75, 3.05) is 20.2 Å². The summed E-state index contributed by atoms with van der Waals surface area (Å²) in [5.41, 5.74) is 0.939. The number of rotatable bonds is 2. The van der Waals surface area contributed by atoms with Crippen molar-refractivity contribution in [3.05, 3.63) is 52.0 Å². The summed E-state index contributed by atoms with van der Waals surface area (Å²) in [7, 11) is 1.70. The van der Waals surface area contributed by atoms with Gasteiger partial charge in [0.15, 0.2) is 5.01 Å². The molecule has 1 aliphatic heterocycles. The van der Waals surface area contributed by atoms with Crippen LogP contribution in [0, 0.1) is 11.8 Å². The Morgan fingerprint density at radius 1 is 1.35 bits per heavy atom. The van der Waals surface area contributed by atoms with E-state index in [0.29, 0.717) is 16.4 Å². The molecule has 2 aromatic rings. The van der Waals surface area contributed by atoms with Crippen LogP contribution >= 0.6 is 11.3 Å². The maximum absolute atomic E-state index is 12.5. The van der Waals surface area contributed by atoms with Gasteiger partial charge in [0.2, 0.25) is 0 Å². The van der Waals surface area contributed by atoms with E-state index in [1.165, 1.54) is 11.3 Å². The van der Waals surface area contributed by atoms with E-state index in [-0.39, 0.29) is 12.0 Å². The van der Waals surface area contributed by atoms with E-state index in [4.69, 9.17) is 4.74 Å². The summed E-state index contributed by atoms with van der Waals surface area (Å²) in [6.07, 6.45) is 3.75. The first-order valence-electron chi connectivity index (χ1n) is 7.61. The molecule has 0 aliphatic carbocycles. The van der Waals surface area contributed by atoms with E-state index in [1.807, 2.05) is 35.2 Å². The molecule has 118 valence electrons. The maximum atomic E-state index is 12.5. The number of carbonyl (C=O) groups excluding carboxylic acids is 1. The number of hydrogen-bond donors (Lipinski definition) is 0. The van der Waals surface area contributed by atoms with Crippen LogP contribution in [0.25, 0.3) is 0 Å². The predicted octanol–water partition coefficient (Wildman–Crippen LogP) is 2.79. The van der Waals surface area contributed by atoms with E-state index in [0.717, 1.165) is 24.9 Å². The van der Waals surface area contributed by atoms with Crippen LogP contribution in [0.15, 0.2) is 36.5 Å². The van der Waals surface area contributed by atoms with Crippen molar-refractivity contribution in [2.24, 2.45) is 0 Å². The zero-order valence-electron chi connectivity index (χ0n) is 13.0. The second kappa shape index (κ2) is 7.40. The van der Waals surface area contributed by atoms with E-state index >= 15 is 0 Å². The first kappa shape index (κ1) is 15.7. The normalized spacial score (nSPS) is 17.4. The topological polar surface area (TPSA) is 42.4 Å². The van der Waals surface area contributed by atoms with Crippen molar-refractivity contribution < 1.29 is 9.53 Å². The smallest absolute Gasteiger partial charge is 0.265 e. The maximum Gasteiger partial charge on any atom is 0.265 e. The summed E-state index contributed by atoms with van der Waals surface area (Å²) in [6.45, 7) is 1.43. The van der Waals surface area contributed by atoms with Crippen molar-refractivity contribution in [2.45, 2.75) is 18.9 Å². The second-order valence-electron chi connectivity index (χ2n) is 5.40. The molecule has 0 spiro atoms. The van der Waals surface area contributed by atoms with Crippen LogP contribution in [0.3, 0.4) is 0 Å². The first-order valence-corrected chi connectivity index (χ1v) is 8.43. The third-order valence-electron chi connectivity index (χ3n) is 3.80. The van der Waals surface area contributed by atoms with Crippen LogP contribution in [0.4, 0.5) is 0 Å². The quantitative estimate of drug-likeness (QED) is 0.797. The number of benzene rings is 1. The number of amides is 1. The van der Waals surface area contributed by atoms with E-state index in [9.17, 15) is 4.79 Å². The molecule has 1 aromatic carbocycles. The minimum atomic E-state index is 0.0250. The minimum absolute atomic E-state index is 0.0250. The van der Waals surface area contributed by atoms with Crippen molar-refractivity contribution in [3.8, 4) is 11.8 Å². The monoisotopic (exact) mass is 326 g/mol. The summed E-state index contributed by atoms with van der Waals surface area (Å²) in [4.78, 5) is 19.3. The lowest BCUT2D eigenvalue weighted by Gasteiger charge is -2.31. The molecule has 3 rings (SSSR count). The Balaban J connectivity index is 1.69. The highest BCUT2D eigenvalue weighted by molar-refractivity contribution is 7.14. The van der Waals surface area contributed by atoms with Gasteiger partial charge in [-0.3, -0.25) is 4.79 Å². The van der Waals surface area contributed by atoms with Crippen LogP contribution in [0.2, 0.25) is 0 Å². The molecule has 23 heavy (non-hydrogen) atoms. The third-order valence-corrected chi connectivity index (χ3v) is 4.70. The molecule has 5 heteroatoms. The highest BCUT2D eigenvalue weighted by Gasteiger charge is 2.25. The largest absolute Gasteiger partial charge is 0.380 e. The molecule has 1 aromatic heterocycles. The molecule has 0 N–H and O–H groups in total. The number of methoxy groups -OCH3 is 1. The van der Waals surface area contributed by atoms with Gasteiger partial charge in [0.25, 0.3) is 5.91 Å². The van der Waals surface area contributed by atoms with Crippen LogP contribution < -0.4 is 0 Å². The predicted molar refractivity (Wildman–Crippen MR) is 90.5 cm³/mol. The highest BCUT2D eigenvalue weighted by atomic mass is 32.1. The van der Waals surface area contributed by atoms with Crippen LogP contribution in [-0.4, -0.2) is 42.1 Å². The molecule has 1 fully saturated rings. The van der Waals surface area contributed by atoms with Gasteiger partial charge >= 0.3 is 0 Å². The Morgan fingerprint density at radius 3 is 2.96 bits per heavy atom. The summed E-state index contributed by atoms with van der Waals surface area (Å²) < 4.78 is 5.37. The Kier molecular flexibility index (Phi) is 5.06. The van der Waals surface area contributed by atoms with Gasteiger partial charge in [-0.1, -0.05) is 24.1 Å². The van der Waals surface area contributed by atoms with Gasteiger partial charge in [0.05, 0.1) is 12.3 Å². The molecule has 4 nitrogen and oxygen atoms in total. The Bertz CT molecular complexity index is 730. The Morgan fingerprint density at radius 2 is 2.17 bits per heavy atom. The number of likely N-dealkylation sites (tertiary alicyclic amines) is 1. The number of ether oxygens (including phenoxy) is 1. The molecule has 1 unspecified atom stereocenters. The summed E-state index contributed by atoms with van der Waals surface area (Å²) in [5.74, 6) is 6.11. The fraction of sp³-hybridized carbons (Fsp3) is 0.333. The molecule has 1 amide bonds. The van der Waals surface area contributed by atoms with E-state index in [2.05, 4.69) is 16.8 Å². The van der Waals surface area contributed by atoms with Crippen molar-refractivity contribution >= 4 is 17.2 Å². The lowest BCUT2D eigenvalue weighted by Crippen LogP contribution is -2.42. The van der Waals surface area contributed by atoms with Crippen LogP contribution in [-0.2, 0) is 4.74 Å². The average molecular weight is 326 g/mol. The fourth-order valence-corrected chi connectivity index (χ4v) is 3.29. The number of hydrogen-bond acceptors (Lipinski definition) is 4. The van der Waals surface area contributed by atoms with Crippen LogP contribution in [0.5, 0.6) is 0 Å². The SMILES string of the molecule is COC1CCCN(C(=O)c2cnc(C#Cc3ccccc3)s2)C1. The molecule has 0 bridgehead atoms. The van der Waals surface area contributed by atoms with E-state index in [1.54, 1.807) is 13.3 Å². The number of aromatic nitrogens is 1. The van der Waals surface area contributed by atoms with Gasteiger partial charge < -0.3 is 9.64 Å². The summed E-state index contributed by atoms with van der Waals surface area (Å²) in [6, 6.07) is 9.75. The van der Waals surface area contributed by atoms with E-state index < -0.39 is 0 Å². The number of nitrogens with zero attached hydrogens (tertiary/aromatic N) is 2. The Labute approximate surface area is 140 Å². The second-order valence-corrected chi connectivity index (χ2v) is 6.43. The molecule has 1 aliphatic rings.